The van der Waals surface area contributed by atoms with Crippen LogP contribution in [-0.4, -0.2) is 5.91 Å². The minimum Gasteiger partial charge on any atom is -0.383 e. The molecule has 0 heterocycles. The van der Waals surface area contributed by atoms with E-state index in [1.165, 1.54) is 6.07 Å². The van der Waals surface area contributed by atoms with E-state index in [2.05, 4.69) is 47.8 Å². The monoisotopic (exact) mass is 617 g/mol. The summed E-state index contributed by atoms with van der Waals surface area (Å²) >= 11 is 39.8. The summed E-state index contributed by atoms with van der Waals surface area (Å²) in [7, 11) is 0. The van der Waals surface area contributed by atoms with Crippen LogP contribution < -0.4 is 8.71 Å². The third-order valence-corrected chi connectivity index (χ3v) is 8.15. The average Bonchev–Trinajstić information content (AvgIpc) is 2.57. The Morgan fingerprint density at radius 2 is 1.62 bits per heavy atom. The number of rotatable bonds is 3. The van der Waals surface area contributed by atoms with Gasteiger partial charge in [0.25, 0.3) is 5.91 Å². The highest BCUT2D eigenvalue weighted by atomic mass is 79.9. The van der Waals surface area contributed by atoms with Crippen molar-refractivity contribution in [3.05, 3.63) is 52.2 Å². The molecule has 0 unspecified atom stereocenters. The van der Waals surface area contributed by atoms with Crippen molar-refractivity contribution in [1.29, 1.82) is 0 Å². The summed E-state index contributed by atoms with van der Waals surface area (Å²) in [5.41, 5.74) is 0.113. The Kier molecular flexibility index (Phi) is 7.43. The van der Waals surface area contributed by atoms with Gasteiger partial charge in [-0.15, -0.1) is 0 Å². The third kappa shape index (κ3) is 3.81. The fraction of sp³-hybridized carbons (Fsp3) is 0. The van der Waals surface area contributed by atoms with Gasteiger partial charge in [-0.3, -0.25) is 4.79 Å². The average molecular weight is 622 g/mol. The van der Waals surface area contributed by atoms with Gasteiger partial charge in [-0.25, -0.2) is 4.42 Å². The molecule has 1 amide bonds. The van der Waals surface area contributed by atoms with Gasteiger partial charge in [0.1, 0.15) is 17.4 Å². The molecule has 0 N–H and O–H groups in total. The predicted octanol–water partition coefficient (Wildman–Crippen LogP) is 8.27. The molecule has 2 rings (SSSR count). The van der Waals surface area contributed by atoms with Crippen molar-refractivity contribution in [1.82, 2.24) is 0 Å². The molecule has 0 aliphatic rings. The van der Waals surface area contributed by atoms with E-state index in [1.807, 2.05) is 0 Å². The van der Waals surface area contributed by atoms with Crippen molar-refractivity contribution in [3.63, 3.8) is 0 Å². The Balaban J connectivity index is 2.64. The van der Waals surface area contributed by atoms with Crippen LogP contribution in [0.25, 0.3) is 0 Å². The SMILES string of the molecule is O=C(c1c(Cl)c(Br)c(Br)c(Br)c1OCl)N(Cl)c1cccc(Cl)c1Cl. The molecule has 0 fully saturated rings. The fourth-order valence-electron chi connectivity index (χ4n) is 1.73. The van der Waals surface area contributed by atoms with Gasteiger partial charge < -0.3 is 4.29 Å². The van der Waals surface area contributed by atoms with Crippen LogP contribution in [0.15, 0.2) is 31.6 Å². The summed E-state index contributed by atoms with van der Waals surface area (Å²) in [5, 5.41) is 0.405. The number of amides is 1. The van der Waals surface area contributed by atoms with E-state index in [1.54, 1.807) is 12.1 Å². The van der Waals surface area contributed by atoms with Crippen molar-refractivity contribution >= 4 is 118 Å². The Morgan fingerprint density at radius 3 is 2.21 bits per heavy atom. The molecule has 2 aromatic rings. The normalized spacial score (nSPS) is 10.7. The largest absolute Gasteiger partial charge is 0.383 e. The van der Waals surface area contributed by atoms with E-state index < -0.39 is 5.91 Å². The molecule has 128 valence electrons. The highest BCUT2D eigenvalue weighted by molar-refractivity contribution is 9.14. The quantitative estimate of drug-likeness (QED) is 0.196. The summed E-state index contributed by atoms with van der Waals surface area (Å²) < 4.78 is 6.86. The van der Waals surface area contributed by atoms with E-state index in [9.17, 15) is 4.79 Å². The molecule has 0 spiro atoms. The predicted molar refractivity (Wildman–Crippen MR) is 110 cm³/mol. The first-order chi connectivity index (χ1) is 11.2. The number of carbonyl (C=O) groups excluding carboxylic acids is 1. The van der Waals surface area contributed by atoms with E-state index in [0.29, 0.717) is 13.4 Å². The molecule has 0 bridgehead atoms. The van der Waals surface area contributed by atoms with E-state index in [-0.39, 0.29) is 32.1 Å². The second kappa shape index (κ2) is 8.53. The highest BCUT2D eigenvalue weighted by Crippen LogP contribution is 2.47. The molecule has 2 aromatic carbocycles. The topological polar surface area (TPSA) is 29.5 Å². The lowest BCUT2D eigenvalue weighted by molar-refractivity contribution is 0.100. The number of hydrogen-bond acceptors (Lipinski definition) is 2. The molecule has 11 heteroatoms. The summed E-state index contributed by atoms with van der Waals surface area (Å²) in [6.45, 7) is 0. The Hall–Kier alpha value is 0.600. The molecule has 0 saturated heterocycles. The van der Waals surface area contributed by atoms with Crippen LogP contribution >= 0.6 is 106 Å². The van der Waals surface area contributed by atoms with Crippen molar-refractivity contribution in [3.8, 4) is 5.75 Å². The number of halogens is 8. The number of carbonyl (C=O) groups is 1. The standard InChI is InChI=1S/C13H3Br3Cl5NO2/c14-7-8(15)11(19)6(12(24-21)9(7)16)13(23)22(20)5-3-1-2-4(17)10(5)18/h1-3H. The zero-order valence-corrected chi connectivity index (χ0v) is 19.6. The van der Waals surface area contributed by atoms with Crippen LogP contribution in [0, 0.1) is 0 Å². The molecular formula is C13H3Br3Cl5NO2. The lowest BCUT2D eigenvalue weighted by Crippen LogP contribution is -2.22. The molecule has 0 atom stereocenters. The number of hydrogen-bond donors (Lipinski definition) is 0. The maximum atomic E-state index is 12.8. The summed E-state index contributed by atoms with van der Waals surface area (Å²) in [4.78, 5) is 12.8. The van der Waals surface area contributed by atoms with Gasteiger partial charge in [0.2, 0.25) is 0 Å². The zero-order valence-electron chi connectivity index (χ0n) is 11.0. The van der Waals surface area contributed by atoms with Crippen LogP contribution in [0.1, 0.15) is 10.4 Å². The smallest absolute Gasteiger partial charge is 0.278 e. The van der Waals surface area contributed by atoms with Crippen LogP contribution in [0.3, 0.4) is 0 Å². The first kappa shape index (κ1) is 20.9. The first-order valence-corrected chi connectivity index (χ1v) is 9.97. The molecular weight excluding hydrogens is 619 g/mol. The van der Waals surface area contributed by atoms with E-state index in [0.717, 1.165) is 4.42 Å². The number of nitrogens with zero attached hydrogens (tertiary/aromatic N) is 1. The first-order valence-electron chi connectivity index (χ1n) is 5.81. The molecule has 24 heavy (non-hydrogen) atoms. The lowest BCUT2D eigenvalue weighted by Gasteiger charge is -2.19. The second-order valence-corrected chi connectivity index (χ2v) is 8.23. The van der Waals surface area contributed by atoms with Gasteiger partial charge in [0, 0.05) is 11.8 Å². The molecule has 3 nitrogen and oxygen atoms in total. The summed E-state index contributed by atoms with van der Waals surface area (Å²) in [6.07, 6.45) is 0. The van der Waals surface area contributed by atoms with Crippen LogP contribution in [-0.2, 0) is 0 Å². The van der Waals surface area contributed by atoms with Gasteiger partial charge in [-0.1, -0.05) is 40.9 Å². The Morgan fingerprint density at radius 1 is 1.00 bits per heavy atom. The Labute approximate surface area is 187 Å². The van der Waals surface area contributed by atoms with Gasteiger partial charge in [0.15, 0.2) is 5.75 Å². The molecule has 0 aliphatic carbocycles. The highest BCUT2D eigenvalue weighted by Gasteiger charge is 2.30. The van der Waals surface area contributed by atoms with Crippen molar-refractivity contribution in [2.24, 2.45) is 0 Å². The van der Waals surface area contributed by atoms with Crippen molar-refractivity contribution in [2.45, 2.75) is 0 Å². The Bertz CT molecular complexity index is 834. The van der Waals surface area contributed by atoms with Crippen LogP contribution in [0.2, 0.25) is 15.1 Å². The summed E-state index contributed by atoms with van der Waals surface area (Å²) in [6, 6.07) is 4.69. The fourth-order valence-corrected chi connectivity index (χ4v) is 4.52. The molecule has 0 radical (unpaired) electrons. The van der Waals surface area contributed by atoms with Crippen molar-refractivity contribution in [2.75, 3.05) is 4.42 Å². The molecule has 0 aliphatic heterocycles. The summed E-state index contributed by atoms with van der Waals surface area (Å²) in [5.74, 6) is -0.721. The molecule has 0 aromatic heterocycles. The minimum absolute atomic E-state index is 0.00876. The second-order valence-electron chi connectivity index (χ2n) is 4.20. The molecule has 0 saturated carbocycles. The maximum Gasteiger partial charge on any atom is 0.278 e. The third-order valence-electron chi connectivity index (χ3n) is 2.84. The van der Waals surface area contributed by atoms with E-state index >= 15 is 0 Å². The lowest BCUT2D eigenvalue weighted by atomic mass is 10.1. The van der Waals surface area contributed by atoms with Crippen molar-refractivity contribution < 1.29 is 9.08 Å². The van der Waals surface area contributed by atoms with Gasteiger partial charge >= 0.3 is 0 Å². The van der Waals surface area contributed by atoms with Gasteiger partial charge in [0.05, 0.1) is 34.2 Å². The van der Waals surface area contributed by atoms with E-state index in [4.69, 9.17) is 62.7 Å². The zero-order chi connectivity index (χ0) is 18.2. The van der Waals surface area contributed by atoms with Gasteiger partial charge in [-0.2, -0.15) is 0 Å². The van der Waals surface area contributed by atoms with Gasteiger partial charge in [-0.05, 0) is 59.9 Å². The van der Waals surface area contributed by atoms with Crippen LogP contribution in [0.5, 0.6) is 5.75 Å². The minimum atomic E-state index is -0.713. The van der Waals surface area contributed by atoms with Crippen LogP contribution in [0.4, 0.5) is 5.69 Å². The number of benzene rings is 2. The maximum absolute atomic E-state index is 12.8. The number of anilines is 1.